The fourth-order valence-electron chi connectivity index (χ4n) is 1.53. The summed E-state index contributed by atoms with van der Waals surface area (Å²) in [4.78, 5) is 23.3. The molecule has 0 bridgehead atoms. The maximum Gasteiger partial charge on any atom is 0.331 e. The van der Waals surface area contributed by atoms with Crippen LogP contribution in [0.5, 0.6) is 0 Å². The molecule has 1 rings (SSSR count). The molecular weight excluding hydrogens is 252 g/mol. The van der Waals surface area contributed by atoms with Crippen LogP contribution in [0.3, 0.4) is 0 Å². The van der Waals surface area contributed by atoms with Crippen molar-refractivity contribution >= 4 is 23.2 Å². The zero-order valence-corrected chi connectivity index (χ0v) is 11.1. The van der Waals surface area contributed by atoms with Gasteiger partial charge in [0.05, 0.1) is 0 Å². The van der Waals surface area contributed by atoms with E-state index >= 15 is 0 Å². The van der Waals surface area contributed by atoms with Crippen molar-refractivity contribution in [3.05, 3.63) is 22.4 Å². The fourth-order valence-corrected chi connectivity index (χ4v) is 2.30. The van der Waals surface area contributed by atoms with E-state index in [1.165, 1.54) is 11.3 Å². The Morgan fingerprint density at radius 1 is 1.56 bits per heavy atom. The first-order valence-electron chi connectivity index (χ1n) is 5.82. The maximum absolute atomic E-state index is 11.6. The van der Waals surface area contributed by atoms with Crippen molar-refractivity contribution < 1.29 is 14.7 Å². The Morgan fingerprint density at radius 3 is 2.78 bits per heavy atom. The monoisotopic (exact) mass is 270 g/mol. The summed E-state index contributed by atoms with van der Waals surface area (Å²) in [6.45, 7) is 1.88. The van der Waals surface area contributed by atoms with Crippen molar-refractivity contribution in [3.63, 3.8) is 0 Å². The van der Waals surface area contributed by atoms with Crippen LogP contribution in [0.2, 0.25) is 0 Å². The molecule has 0 saturated carbocycles. The number of carboxylic acids is 1. The summed E-state index contributed by atoms with van der Waals surface area (Å²) in [5, 5.41) is 13.4. The molecule has 100 valence electrons. The summed E-state index contributed by atoms with van der Waals surface area (Å²) in [6, 6.07) is 2.57. The van der Waals surface area contributed by atoms with Gasteiger partial charge in [-0.2, -0.15) is 0 Å². The van der Waals surface area contributed by atoms with Gasteiger partial charge in [0, 0.05) is 17.3 Å². The highest BCUT2D eigenvalue weighted by atomic mass is 32.1. The van der Waals surface area contributed by atoms with Gasteiger partial charge in [0.1, 0.15) is 0 Å². The van der Waals surface area contributed by atoms with Gasteiger partial charge in [0.15, 0.2) is 6.04 Å². The van der Waals surface area contributed by atoms with Crippen molar-refractivity contribution in [1.82, 2.24) is 5.32 Å². The van der Waals surface area contributed by atoms with Gasteiger partial charge in [-0.05, 0) is 31.2 Å². The third-order valence-corrected chi connectivity index (χ3v) is 3.38. The van der Waals surface area contributed by atoms with Crippen LogP contribution in [0.15, 0.2) is 17.5 Å². The summed E-state index contributed by atoms with van der Waals surface area (Å²) in [6.07, 6.45) is 1.72. The van der Waals surface area contributed by atoms with Gasteiger partial charge >= 0.3 is 5.97 Å². The van der Waals surface area contributed by atoms with E-state index in [1.54, 1.807) is 17.5 Å². The third kappa shape index (κ3) is 4.85. The molecular formula is C12H18N2O3S. The lowest BCUT2D eigenvalue weighted by molar-refractivity contribution is -0.142. The molecule has 0 aliphatic rings. The summed E-state index contributed by atoms with van der Waals surface area (Å²) < 4.78 is 0. The van der Waals surface area contributed by atoms with E-state index < -0.39 is 12.0 Å². The average Bonchev–Trinajstić information content (AvgIpc) is 2.78. The van der Waals surface area contributed by atoms with E-state index in [0.717, 1.165) is 6.42 Å². The minimum atomic E-state index is -1.04. The van der Waals surface area contributed by atoms with E-state index in [9.17, 15) is 9.59 Å². The first-order valence-corrected chi connectivity index (χ1v) is 6.70. The molecule has 0 aliphatic carbocycles. The summed E-state index contributed by atoms with van der Waals surface area (Å²) in [5.41, 5.74) is 5.58. The number of nitrogens with one attached hydrogen (secondary N) is 1. The normalized spacial score (nSPS) is 13.9. The number of hydrogen-bond donors (Lipinski definition) is 3. The second kappa shape index (κ2) is 7.13. The van der Waals surface area contributed by atoms with E-state index in [0.29, 0.717) is 17.7 Å². The lowest BCUT2D eigenvalue weighted by atomic mass is 10.1. The maximum atomic E-state index is 11.6. The van der Waals surface area contributed by atoms with Gasteiger partial charge in [-0.1, -0.05) is 6.07 Å². The minimum absolute atomic E-state index is 0.0605. The number of nitrogens with two attached hydrogens (primary N) is 1. The van der Waals surface area contributed by atoms with E-state index in [1.807, 2.05) is 6.92 Å². The third-order valence-electron chi connectivity index (χ3n) is 2.44. The molecule has 18 heavy (non-hydrogen) atoms. The Morgan fingerprint density at radius 2 is 2.28 bits per heavy atom. The predicted molar refractivity (Wildman–Crippen MR) is 70.3 cm³/mol. The molecule has 0 aliphatic heterocycles. The number of hydrogen-bond acceptors (Lipinski definition) is 4. The van der Waals surface area contributed by atoms with Gasteiger partial charge < -0.3 is 16.2 Å². The highest BCUT2D eigenvalue weighted by Gasteiger charge is 2.22. The second-order valence-corrected chi connectivity index (χ2v) is 5.20. The van der Waals surface area contributed by atoms with Crippen molar-refractivity contribution in [1.29, 1.82) is 0 Å². The van der Waals surface area contributed by atoms with Crippen LogP contribution in [0.1, 0.15) is 37.1 Å². The van der Waals surface area contributed by atoms with Gasteiger partial charge in [-0.15, -0.1) is 11.3 Å². The number of aliphatic carboxylic acids is 1. The largest absolute Gasteiger partial charge is 0.479 e. The van der Waals surface area contributed by atoms with Crippen LogP contribution in [-0.2, 0) is 9.59 Å². The quantitative estimate of drug-likeness (QED) is 0.700. The first kappa shape index (κ1) is 14.7. The second-order valence-electron chi connectivity index (χ2n) is 4.22. The zero-order valence-electron chi connectivity index (χ0n) is 10.3. The summed E-state index contributed by atoms with van der Waals surface area (Å²) in [7, 11) is 0. The highest BCUT2D eigenvalue weighted by Crippen LogP contribution is 2.19. The highest BCUT2D eigenvalue weighted by molar-refractivity contribution is 7.10. The predicted octanol–water partition coefficient (Wildman–Crippen LogP) is 1.51. The van der Waals surface area contributed by atoms with E-state index in [-0.39, 0.29) is 11.9 Å². The summed E-state index contributed by atoms with van der Waals surface area (Å²) in [5.74, 6) is -1.30. The topological polar surface area (TPSA) is 92.4 Å². The van der Waals surface area contributed by atoms with Crippen LogP contribution < -0.4 is 11.1 Å². The average molecular weight is 270 g/mol. The Balaban J connectivity index is 2.47. The van der Waals surface area contributed by atoms with E-state index in [2.05, 4.69) is 5.32 Å². The number of carbonyl (C=O) groups excluding carboxylic acids is 1. The molecule has 1 heterocycles. The van der Waals surface area contributed by atoms with Crippen molar-refractivity contribution in [3.8, 4) is 0 Å². The SMILES string of the molecule is CC(N)CCCC(=O)NC(C(=O)O)c1cccs1. The van der Waals surface area contributed by atoms with Crippen LogP contribution in [0.25, 0.3) is 0 Å². The fraction of sp³-hybridized carbons (Fsp3) is 0.500. The van der Waals surface area contributed by atoms with Crippen molar-refractivity contribution in [2.75, 3.05) is 0 Å². The Labute approximate surface area is 110 Å². The number of rotatable bonds is 7. The molecule has 1 amide bonds. The molecule has 0 aromatic carbocycles. The molecule has 4 N–H and O–H groups in total. The van der Waals surface area contributed by atoms with Crippen LogP contribution in [0, 0.1) is 0 Å². The smallest absolute Gasteiger partial charge is 0.331 e. The van der Waals surface area contributed by atoms with Crippen LogP contribution in [-0.4, -0.2) is 23.0 Å². The Bertz CT molecular complexity index is 390. The molecule has 0 radical (unpaired) electrons. The number of amides is 1. The van der Waals surface area contributed by atoms with Crippen LogP contribution in [0.4, 0.5) is 0 Å². The Hall–Kier alpha value is -1.40. The van der Waals surface area contributed by atoms with Crippen molar-refractivity contribution in [2.45, 2.75) is 38.3 Å². The number of thiophene rings is 1. The number of carboxylic acid groups (broad SMARTS) is 1. The molecule has 0 saturated heterocycles. The van der Waals surface area contributed by atoms with Crippen LogP contribution >= 0.6 is 11.3 Å². The molecule has 0 fully saturated rings. The van der Waals surface area contributed by atoms with Gasteiger partial charge in [-0.3, -0.25) is 4.79 Å². The van der Waals surface area contributed by atoms with Gasteiger partial charge in [-0.25, -0.2) is 4.79 Å². The van der Waals surface area contributed by atoms with Crippen molar-refractivity contribution in [2.24, 2.45) is 5.73 Å². The molecule has 0 spiro atoms. The lowest BCUT2D eigenvalue weighted by Crippen LogP contribution is -2.33. The molecule has 1 aromatic rings. The Kier molecular flexibility index (Phi) is 5.80. The molecule has 2 atom stereocenters. The number of carbonyl (C=O) groups is 2. The van der Waals surface area contributed by atoms with Gasteiger partial charge in [0.25, 0.3) is 0 Å². The molecule has 5 nitrogen and oxygen atoms in total. The zero-order chi connectivity index (χ0) is 13.5. The standard InChI is InChI=1S/C12H18N2O3S/c1-8(13)4-2-6-10(15)14-11(12(16)17)9-5-3-7-18-9/h3,5,7-8,11H,2,4,6,13H2,1H3,(H,14,15)(H,16,17). The minimum Gasteiger partial charge on any atom is -0.479 e. The van der Waals surface area contributed by atoms with Gasteiger partial charge in [0.2, 0.25) is 5.91 Å². The molecule has 6 heteroatoms. The lowest BCUT2D eigenvalue weighted by Gasteiger charge is -2.13. The molecule has 1 aromatic heterocycles. The first-order chi connectivity index (χ1) is 8.50. The van der Waals surface area contributed by atoms with E-state index in [4.69, 9.17) is 10.8 Å². The molecule has 2 unspecified atom stereocenters. The summed E-state index contributed by atoms with van der Waals surface area (Å²) >= 11 is 1.31.